The maximum absolute atomic E-state index is 13.6. The van der Waals surface area contributed by atoms with Crippen molar-refractivity contribution in [3.05, 3.63) is 23.6 Å². The SMILES string of the molecule is O=C(O)c1cnc(N2CCNCC2)c(F)c1. The van der Waals surface area contributed by atoms with Crippen LogP contribution in [0.25, 0.3) is 0 Å². The van der Waals surface area contributed by atoms with Crippen LogP contribution in [0.2, 0.25) is 0 Å². The number of halogens is 1. The van der Waals surface area contributed by atoms with Crippen molar-refractivity contribution in [2.45, 2.75) is 0 Å². The van der Waals surface area contributed by atoms with Crippen LogP contribution < -0.4 is 10.2 Å². The standard InChI is InChI=1S/C10H12FN3O2/c11-8-5-7(10(15)16)6-13-9(8)14-3-1-12-2-4-14/h5-6,12H,1-4H2,(H,15,16). The summed E-state index contributed by atoms with van der Waals surface area (Å²) in [6.45, 7) is 2.91. The van der Waals surface area contributed by atoms with Crippen LogP contribution in [0, 0.1) is 5.82 Å². The highest BCUT2D eigenvalue weighted by molar-refractivity contribution is 5.87. The number of rotatable bonds is 2. The second-order valence-electron chi connectivity index (χ2n) is 3.57. The van der Waals surface area contributed by atoms with Gasteiger partial charge in [0, 0.05) is 32.4 Å². The van der Waals surface area contributed by atoms with Crippen LogP contribution in [-0.2, 0) is 0 Å². The molecule has 0 unspecified atom stereocenters. The summed E-state index contributed by atoms with van der Waals surface area (Å²) in [7, 11) is 0. The summed E-state index contributed by atoms with van der Waals surface area (Å²) in [6, 6.07) is 1.01. The van der Waals surface area contributed by atoms with Gasteiger partial charge < -0.3 is 15.3 Å². The Kier molecular flexibility index (Phi) is 3.00. The molecule has 1 aliphatic heterocycles. The Bertz CT molecular complexity index is 405. The summed E-state index contributed by atoms with van der Waals surface area (Å²) in [5.41, 5.74) is -0.128. The van der Waals surface area contributed by atoms with Gasteiger partial charge in [-0.25, -0.2) is 14.2 Å². The molecule has 0 saturated carbocycles. The minimum absolute atomic E-state index is 0.128. The molecule has 0 spiro atoms. The molecule has 1 aliphatic rings. The normalized spacial score (nSPS) is 16.2. The van der Waals surface area contributed by atoms with Crippen LogP contribution in [0.1, 0.15) is 10.4 Å². The lowest BCUT2D eigenvalue weighted by Gasteiger charge is -2.28. The van der Waals surface area contributed by atoms with Crippen molar-refractivity contribution in [2.75, 3.05) is 31.1 Å². The third-order valence-corrected chi connectivity index (χ3v) is 2.49. The largest absolute Gasteiger partial charge is 0.478 e. The molecule has 0 atom stereocenters. The van der Waals surface area contributed by atoms with E-state index in [9.17, 15) is 9.18 Å². The van der Waals surface area contributed by atoms with E-state index in [1.807, 2.05) is 0 Å². The highest BCUT2D eigenvalue weighted by atomic mass is 19.1. The van der Waals surface area contributed by atoms with Crippen LogP contribution in [0.4, 0.5) is 10.2 Å². The maximum Gasteiger partial charge on any atom is 0.337 e. The first kappa shape index (κ1) is 10.8. The van der Waals surface area contributed by atoms with E-state index in [-0.39, 0.29) is 11.4 Å². The topological polar surface area (TPSA) is 65.5 Å². The van der Waals surface area contributed by atoms with Crippen molar-refractivity contribution >= 4 is 11.8 Å². The second-order valence-corrected chi connectivity index (χ2v) is 3.57. The Hall–Kier alpha value is -1.69. The average molecular weight is 225 g/mol. The van der Waals surface area contributed by atoms with Gasteiger partial charge in [-0.15, -0.1) is 0 Å². The number of hydrogen-bond donors (Lipinski definition) is 2. The highest BCUT2D eigenvalue weighted by Gasteiger charge is 2.17. The second kappa shape index (κ2) is 4.44. The zero-order chi connectivity index (χ0) is 11.5. The van der Waals surface area contributed by atoms with Crippen LogP contribution in [0.3, 0.4) is 0 Å². The summed E-state index contributed by atoms with van der Waals surface area (Å²) in [5.74, 6) is -1.52. The lowest BCUT2D eigenvalue weighted by Crippen LogP contribution is -2.44. The van der Waals surface area contributed by atoms with E-state index < -0.39 is 11.8 Å². The van der Waals surface area contributed by atoms with Gasteiger partial charge in [0.15, 0.2) is 11.6 Å². The van der Waals surface area contributed by atoms with Crippen molar-refractivity contribution < 1.29 is 14.3 Å². The predicted molar refractivity (Wildman–Crippen MR) is 56.2 cm³/mol. The van der Waals surface area contributed by atoms with Gasteiger partial charge in [-0.3, -0.25) is 0 Å². The van der Waals surface area contributed by atoms with Crippen molar-refractivity contribution in [1.82, 2.24) is 10.3 Å². The van der Waals surface area contributed by atoms with Crippen LogP contribution >= 0.6 is 0 Å². The molecule has 1 fully saturated rings. The number of aromatic nitrogens is 1. The molecule has 0 aromatic carbocycles. The van der Waals surface area contributed by atoms with Gasteiger partial charge in [0.05, 0.1) is 5.56 Å². The van der Waals surface area contributed by atoms with E-state index in [0.29, 0.717) is 13.1 Å². The molecule has 16 heavy (non-hydrogen) atoms. The van der Waals surface area contributed by atoms with Crippen LogP contribution in [0.15, 0.2) is 12.3 Å². The molecule has 0 aliphatic carbocycles. The molecule has 1 saturated heterocycles. The minimum atomic E-state index is -1.17. The highest BCUT2D eigenvalue weighted by Crippen LogP contribution is 2.17. The molecule has 2 heterocycles. The first-order valence-corrected chi connectivity index (χ1v) is 5.03. The van der Waals surface area contributed by atoms with Gasteiger partial charge in [0.1, 0.15) is 0 Å². The predicted octanol–water partition coefficient (Wildman–Crippen LogP) is 0.328. The van der Waals surface area contributed by atoms with E-state index in [4.69, 9.17) is 5.11 Å². The number of nitrogens with zero attached hydrogens (tertiary/aromatic N) is 2. The number of nitrogens with one attached hydrogen (secondary N) is 1. The molecule has 1 aromatic rings. The zero-order valence-corrected chi connectivity index (χ0v) is 8.61. The number of carboxylic acids is 1. The Morgan fingerprint density at radius 1 is 1.50 bits per heavy atom. The minimum Gasteiger partial charge on any atom is -0.478 e. The fourth-order valence-electron chi connectivity index (χ4n) is 1.66. The molecular weight excluding hydrogens is 213 g/mol. The third kappa shape index (κ3) is 2.11. The fourth-order valence-corrected chi connectivity index (χ4v) is 1.66. The Morgan fingerprint density at radius 2 is 2.19 bits per heavy atom. The van der Waals surface area contributed by atoms with Crippen molar-refractivity contribution in [3.63, 3.8) is 0 Å². The van der Waals surface area contributed by atoms with Gasteiger partial charge in [0.25, 0.3) is 0 Å². The summed E-state index contributed by atoms with van der Waals surface area (Å²) < 4.78 is 13.6. The lowest BCUT2D eigenvalue weighted by molar-refractivity contribution is 0.0696. The molecule has 0 radical (unpaired) electrons. The van der Waals surface area contributed by atoms with Crippen molar-refractivity contribution in [1.29, 1.82) is 0 Å². The summed E-state index contributed by atoms with van der Waals surface area (Å²) in [4.78, 5) is 16.3. The quantitative estimate of drug-likeness (QED) is 0.759. The van der Waals surface area contributed by atoms with E-state index >= 15 is 0 Å². The molecule has 86 valence electrons. The lowest BCUT2D eigenvalue weighted by atomic mass is 10.2. The van der Waals surface area contributed by atoms with E-state index in [1.54, 1.807) is 4.90 Å². The van der Waals surface area contributed by atoms with Gasteiger partial charge >= 0.3 is 5.97 Å². The fraction of sp³-hybridized carbons (Fsp3) is 0.400. The van der Waals surface area contributed by atoms with Crippen LogP contribution in [0.5, 0.6) is 0 Å². The number of aromatic carboxylic acids is 1. The first-order chi connectivity index (χ1) is 7.68. The third-order valence-electron chi connectivity index (χ3n) is 2.49. The molecule has 1 aromatic heterocycles. The van der Waals surface area contributed by atoms with Gasteiger partial charge in [0.2, 0.25) is 0 Å². The summed E-state index contributed by atoms with van der Waals surface area (Å²) in [5, 5.41) is 11.8. The number of carboxylic acid groups (broad SMARTS) is 1. The average Bonchev–Trinajstić information content (AvgIpc) is 2.30. The molecule has 2 N–H and O–H groups in total. The smallest absolute Gasteiger partial charge is 0.337 e. The van der Waals surface area contributed by atoms with Crippen molar-refractivity contribution in [3.8, 4) is 0 Å². The molecule has 2 rings (SSSR count). The van der Waals surface area contributed by atoms with Gasteiger partial charge in [-0.2, -0.15) is 0 Å². The first-order valence-electron chi connectivity index (χ1n) is 5.03. The molecule has 5 nitrogen and oxygen atoms in total. The number of piperazine rings is 1. The van der Waals surface area contributed by atoms with E-state index in [0.717, 1.165) is 19.2 Å². The molecule has 6 heteroatoms. The maximum atomic E-state index is 13.6. The van der Waals surface area contributed by atoms with Gasteiger partial charge in [-0.05, 0) is 6.07 Å². The Balaban J connectivity index is 2.24. The molecular formula is C10H12FN3O2. The Morgan fingerprint density at radius 3 is 2.75 bits per heavy atom. The summed E-state index contributed by atoms with van der Waals surface area (Å²) in [6.07, 6.45) is 1.18. The monoisotopic (exact) mass is 225 g/mol. The Labute approximate surface area is 91.9 Å². The molecule has 0 amide bonds. The summed E-state index contributed by atoms with van der Waals surface area (Å²) >= 11 is 0. The number of anilines is 1. The zero-order valence-electron chi connectivity index (χ0n) is 8.61. The van der Waals surface area contributed by atoms with E-state index in [2.05, 4.69) is 10.3 Å². The number of carbonyl (C=O) groups is 1. The van der Waals surface area contributed by atoms with Gasteiger partial charge in [-0.1, -0.05) is 0 Å². The van der Waals surface area contributed by atoms with E-state index in [1.165, 1.54) is 6.20 Å². The van der Waals surface area contributed by atoms with Crippen molar-refractivity contribution in [2.24, 2.45) is 0 Å². The van der Waals surface area contributed by atoms with Crippen LogP contribution in [-0.4, -0.2) is 42.2 Å². The number of pyridine rings is 1. The number of hydrogen-bond acceptors (Lipinski definition) is 4. The molecule has 0 bridgehead atoms.